The molecule has 154 valence electrons. The number of hydrogen-bond acceptors (Lipinski definition) is 4. The van der Waals surface area contributed by atoms with Crippen LogP contribution in [0.2, 0.25) is 0 Å². The van der Waals surface area contributed by atoms with Crippen LogP contribution in [0.25, 0.3) is 0 Å². The van der Waals surface area contributed by atoms with E-state index in [1.807, 2.05) is 0 Å². The third-order valence-electron chi connectivity index (χ3n) is 4.92. The number of amides is 1. The third kappa shape index (κ3) is 3.98. The van der Waals surface area contributed by atoms with Gasteiger partial charge in [-0.3, -0.25) is 9.59 Å². The van der Waals surface area contributed by atoms with E-state index in [2.05, 4.69) is 5.32 Å². The third-order valence-corrected chi connectivity index (χ3v) is 4.92. The maximum absolute atomic E-state index is 13.3. The van der Waals surface area contributed by atoms with Crippen LogP contribution in [0, 0.1) is 0 Å². The van der Waals surface area contributed by atoms with Crippen LogP contribution in [-0.4, -0.2) is 28.5 Å². The minimum atomic E-state index is -4.71. The first-order chi connectivity index (χ1) is 13.4. The van der Waals surface area contributed by atoms with Gasteiger partial charge in [-0.25, -0.2) is 0 Å². The average Bonchev–Trinajstić information content (AvgIpc) is 2.64. The van der Waals surface area contributed by atoms with Gasteiger partial charge in [0.05, 0.1) is 17.2 Å². The van der Waals surface area contributed by atoms with E-state index in [0.717, 1.165) is 12.1 Å². The molecule has 0 aliphatic carbocycles. The largest absolute Gasteiger partial charge is 0.485 e. The number of carbonyl (C=O) groups is 2. The van der Waals surface area contributed by atoms with Gasteiger partial charge in [0.1, 0.15) is 17.5 Å². The van der Waals surface area contributed by atoms with Crippen LogP contribution in [0.5, 0.6) is 5.75 Å². The van der Waals surface area contributed by atoms with Gasteiger partial charge in [-0.1, -0.05) is 12.1 Å². The molecule has 2 atom stereocenters. The summed E-state index contributed by atoms with van der Waals surface area (Å²) in [5.74, 6) is -0.891. The molecule has 29 heavy (non-hydrogen) atoms. The Labute approximate surface area is 165 Å². The molecule has 1 aliphatic rings. The molecule has 0 bridgehead atoms. The summed E-state index contributed by atoms with van der Waals surface area (Å²) in [7, 11) is 0. The number of alkyl halides is 3. The van der Waals surface area contributed by atoms with Gasteiger partial charge in [0.2, 0.25) is 0 Å². The Bertz CT molecular complexity index is 969. The van der Waals surface area contributed by atoms with E-state index in [1.54, 1.807) is 26.0 Å². The highest BCUT2D eigenvalue weighted by molar-refractivity contribution is 5.97. The van der Waals surface area contributed by atoms with E-state index < -0.39 is 41.0 Å². The second kappa shape index (κ2) is 7.18. The summed E-state index contributed by atoms with van der Waals surface area (Å²) in [6.45, 7) is 4.56. The van der Waals surface area contributed by atoms with E-state index in [9.17, 15) is 27.9 Å². The smallest absolute Gasteiger partial charge is 0.417 e. The minimum absolute atomic E-state index is 0.236. The van der Waals surface area contributed by atoms with Gasteiger partial charge in [0, 0.05) is 11.1 Å². The molecule has 0 spiro atoms. The molecule has 0 saturated heterocycles. The molecular formula is C21H20F3NO4. The molecule has 3 rings (SSSR count). The highest BCUT2D eigenvalue weighted by Crippen LogP contribution is 2.41. The fraction of sp³-hybridized carbons (Fsp3) is 0.333. The van der Waals surface area contributed by atoms with Crippen LogP contribution in [0.1, 0.15) is 58.7 Å². The number of benzene rings is 2. The normalized spacial score (nSPS) is 20.4. The summed E-state index contributed by atoms with van der Waals surface area (Å²) >= 11 is 0. The maximum atomic E-state index is 13.3. The molecule has 0 saturated carbocycles. The molecule has 1 aliphatic heterocycles. The van der Waals surface area contributed by atoms with Gasteiger partial charge in [-0.05, 0) is 51.1 Å². The number of nitrogens with one attached hydrogen (secondary N) is 1. The second-order valence-electron chi connectivity index (χ2n) is 7.45. The Kier molecular flexibility index (Phi) is 5.17. The SMILES string of the molecule is CC(=O)c1ccc2c(c1)[C@H](NC(=O)c1ccccc1C(F)(F)F)[C@@H](O)C(C)(C)O2. The van der Waals surface area contributed by atoms with Crippen LogP contribution in [-0.2, 0) is 6.18 Å². The highest BCUT2D eigenvalue weighted by Gasteiger charge is 2.44. The fourth-order valence-corrected chi connectivity index (χ4v) is 3.32. The molecule has 1 amide bonds. The van der Waals surface area contributed by atoms with Crippen molar-refractivity contribution in [2.24, 2.45) is 0 Å². The second-order valence-corrected chi connectivity index (χ2v) is 7.45. The lowest BCUT2D eigenvalue weighted by atomic mass is 9.85. The number of aliphatic hydroxyl groups excluding tert-OH is 1. The van der Waals surface area contributed by atoms with Crippen molar-refractivity contribution < 1.29 is 32.6 Å². The highest BCUT2D eigenvalue weighted by atomic mass is 19.4. The van der Waals surface area contributed by atoms with E-state index in [1.165, 1.54) is 25.1 Å². The van der Waals surface area contributed by atoms with Gasteiger partial charge in [0.25, 0.3) is 5.91 Å². The van der Waals surface area contributed by atoms with Crippen LogP contribution in [0.15, 0.2) is 42.5 Å². The lowest BCUT2D eigenvalue weighted by Crippen LogP contribution is -2.53. The molecule has 1 heterocycles. The van der Waals surface area contributed by atoms with E-state index in [0.29, 0.717) is 16.9 Å². The average molecular weight is 407 g/mol. The lowest BCUT2D eigenvalue weighted by Gasteiger charge is -2.42. The van der Waals surface area contributed by atoms with Crippen LogP contribution in [0.4, 0.5) is 13.2 Å². The molecule has 5 nitrogen and oxygen atoms in total. The van der Waals surface area contributed by atoms with E-state index >= 15 is 0 Å². The Morgan fingerprint density at radius 1 is 1.14 bits per heavy atom. The Balaban J connectivity index is 2.04. The molecule has 2 N–H and O–H groups in total. The molecule has 0 radical (unpaired) electrons. The number of fused-ring (bicyclic) bond motifs is 1. The monoisotopic (exact) mass is 407 g/mol. The molecule has 2 aromatic carbocycles. The summed E-state index contributed by atoms with van der Waals surface area (Å²) in [6.07, 6.45) is -5.97. The number of rotatable bonds is 3. The Morgan fingerprint density at radius 2 is 1.79 bits per heavy atom. The van der Waals surface area contributed by atoms with E-state index in [4.69, 9.17) is 4.74 Å². The van der Waals surface area contributed by atoms with Crippen LogP contribution in [0.3, 0.4) is 0 Å². The summed E-state index contributed by atoms with van der Waals surface area (Å²) in [4.78, 5) is 24.5. The van der Waals surface area contributed by atoms with Crippen molar-refractivity contribution in [3.63, 3.8) is 0 Å². The van der Waals surface area contributed by atoms with Crippen molar-refractivity contribution in [2.75, 3.05) is 0 Å². The molecular weight excluding hydrogens is 387 g/mol. The van der Waals surface area contributed by atoms with Crippen LogP contribution >= 0.6 is 0 Å². The topological polar surface area (TPSA) is 75.6 Å². The summed E-state index contributed by atoms with van der Waals surface area (Å²) in [5.41, 5.74) is -2.10. The Hall–Kier alpha value is -2.87. The van der Waals surface area contributed by atoms with Crippen LogP contribution < -0.4 is 10.1 Å². The number of aliphatic hydroxyl groups is 1. The quantitative estimate of drug-likeness (QED) is 0.757. The lowest BCUT2D eigenvalue weighted by molar-refractivity contribution is -0.138. The van der Waals surface area contributed by atoms with Crippen molar-refractivity contribution in [3.05, 3.63) is 64.7 Å². The number of ether oxygens (including phenoxy) is 1. The van der Waals surface area contributed by atoms with Crippen molar-refractivity contribution in [3.8, 4) is 5.75 Å². The predicted molar refractivity (Wildman–Crippen MR) is 98.8 cm³/mol. The van der Waals surface area contributed by atoms with Gasteiger partial charge in [-0.2, -0.15) is 13.2 Å². The van der Waals surface area contributed by atoms with Gasteiger partial charge >= 0.3 is 6.18 Å². The zero-order chi connectivity index (χ0) is 21.6. The zero-order valence-corrected chi connectivity index (χ0v) is 16.0. The van der Waals surface area contributed by atoms with Gasteiger partial charge < -0.3 is 15.2 Å². The van der Waals surface area contributed by atoms with E-state index in [-0.39, 0.29) is 5.78 Å². The molecule has 8 heteroatoms. The predicted octanol–water partition coefficient (Wildman–Crippen LogP) is 3.91. The first-order valence-electron chi connectivity index (χ1n) is 8.91. The number of halogens is 3. The first kappa shape index (κ1) is 20.9. The first-order valence-corrected chi connectivity index (χ1v) is 8.91. The van der Waals surface area contributed by atoms with Crippen molar-refractivity contribution >= 4 is 11.7 Å². The van der Waals surface area contributed by atoms with Crippen molar-refractivity contribution in [1.82, 2.24) is 5.32 Å². The molecule has 0 aromatic heterocycles. The van der Waals surface area contributed by atoms with Gasteiger partial charge in [0.15, 0.2) is 5.78 Å². The standard InChI is InChI=1S/C21H20F3NO4/c1-11(26)12-8-9-16-14(10-12)17(18(27)20(2,3)29-16)25-19(28)13-6-4-5-7-15(13)21(22,23)24/h4-10,17-18,27H,1-3H3,(H,25,28)/t17-,18+/m0/s1. The maximum Gasteiger partial charge on any atom is 0.417 e. The minimum Gasteiger partial charge on any atom is -0.485 e. The molecule has 0 unspecified atom stereocenters. The summed E-state index contributed by atoms with van der Waals surface area (Å²) in [5, 5.41) is 13.2. The van der Waals surface area contributed by atoms with Crippen molar-refractivity contribution in [2.45, 2.75) is 44.7 Å². The summed E-state index contributed by atoms with van der Waals surface area (Å²) in [6, 6.07) is 7.91. The fourth-order valence-electron chi connectivity index (χ4n) is 3.32. The number of ketones is 1. The zero-order valence-electron chi connectivity index (χ0n) is 16.0. The van der Waals surface area contributed by atoms with Gasteiger partial charge in [-0.15, -0.1) is 0 Å². The number of Topliss-reactive ketones (excluding diaryl/α,β-unsaturated/α-hetero) is 1. The molecule has 2 aromatic rings. The number of hydrogen-bond donors (Lipinski definition) is 2. The molecule has 0 fully saturated rings. The summed E-state index contributed by atoms with van der Waals surface area (Å²) < 4.78 is 45.6. The van der Waals surface area contributed by atoms with Crippen molar-refractivity contribution in [1.29, 1.82) is 0 Å². The number of carbonyl (C=O) groups excluding carboxylic acids is 2. The Morgan fingerprint density at radius 3 is 2.41 bits per heavy atom.